The van der Waals surface area contributed by atoms with Crippen LogP contribution in [0.25, 0.3) is 0 Å². The number of unbranched alkanes of at least 4 members (excludes halogenated alkanes) is 2. The first-order valence-corrected chi connectivity index (χ1v) is 7.60. The topological polar surface area (TPSA) is 113 Å². The summed E-state index contributed by atoms with van der Waals surface area (Å²) in [6, 6.07) is 4.95. The van der Waals surface area contributed by atoms with Gasteiger partial charge in [-0.05, 0) is 38.3 Å². The number of hydrazine groups is 1. The van der Waals surface area contributed by atoms with E-state index < -0.39 is 6.03 Å². The van der Waals surface area contributed by atoms with Gasteiger partial charge in [0.05, 0.1) is 0 Å². The molecule has 7 heteroatoms. The van der Waals surface area contributed by atoms with Crippen molar-refractivity contribution in [2.45, 2.75) is 39.5 Å². The highest BCUT2D eigenvalue weighted by Gasteiger charge is 2.09. The fourth-order valence-electron chi connectivity index (χ4n) is 2.12. The predicted molar refractivity (Wildman–Crippen MR) is 87.6 cm³/mol. The second-order valence-corrected chi connectivity index (χ2v) is 5.42. The third-order valence-corrected chi connectivity index (χ3v) is 3.32. The van der Waals surface area contributed by atoms with E-state index in [1.165, 1.54) is 0 Å². The van der Waals surface area contributed by atoms with Crippen LogP contribution in [0, 0.1) is 13.8 Å². The minimum absolute atomic E-state index is 0.244. The first-order chi connectivity index (χ1) is 10.9. The molecule has 0 saturated heterocycles. The average molecular weight is 320 g/mol. The van der Waals surface area contributed by atoms with Crippen molar-refractivity contribution in [2.75, 3.05) is 6.54 Å². The smallest absolute Gasteiger partial charge is 0.312 e. The Morgan fingerprint density at radius 3 is 2.43 bits per heavy atom. The van der Waals surface area contributed by atoms with Crippen molar-refractivity contribution in [3.63, 3.8) is 0 Å². The number of primary amides is 1. The zero-order chi connectivity index (χ0) is 17.2. The minimum atomic E-state index is -0.545. The molecule has 0 radical (unpaired) electrons. The normalized spacial score (nSPS) is 10.0. The van der Waals surface area contributed by atoms with Gasteiger partial charge in [-0.1, -0.05) is 24.1 Å². The van der Waals surface area contributed by atoms with Gasteiger partial charge in [-0.15, -0.1) is 0 Å². The highest BCUT2D eigenvalue weighted by atomic mass is 16.2. The Hall–Kier alpha value is -2.57. The van der Waals surface area contributed by atoms with Crippen LogP contribution in [0.4, 0.5) is 4.79 Å². The van der Waals surface area contributed by atoms with Crippen molar-refractivity contribution < 1.29 is 14.4 Å². The summed E-state index contributed by atoms with van der Waals surface area (Å²) in [5, 5.41) is 2.48. The number of rotatable bonds is 7. The molecule has 0 heterocycles. The molecule has 7 nitrogen and oxygen atoms in total. The molecule has 0 spiro atoms. The largest absolute Gasteiger partial charge is 0.352 e. The van der Waals surface area contributed by atoms with Crippen molar-refractivity contribution in [1.82, 2.24) is 16.2 Å². The van der Waals surface area contributed by atoms with Gasteiger partial charge in [0.2, 0.25) is 5.91 Å². The van der Waals surface area contributed by atoms with Crippen molar-refractivity contribution in [3.8, 4) is 0 Å². The van der Waals surface area contributed by atoms with E-state index in [1.54, 1.807) is 6.07 Å². The fraction of sp³-hybridized carbons (Fsp3) is 0.438. The Bertz CT molecular complexity index is 572. The monoisotopic (exact) mass is 320 g/mol. The number of benzene rings is 1. The van der Waals surface area contributed by atoms with Crippen LogP contribution >= 0.6 is 0 Å². The van der Waals surface area contributed by atoms with Gasteiger partial charge in [-0.2, -0.15) is 0 Å². The van der Waals surface area contributed by atoms with Crippen molar-refractivity contribution in [1.29, 1.82) is 0 Å². The number of amides is 4. The van der Waals surface area contributed by atoms with E-state index >= 15 is 0 Å². The van der Waals surface area contributed by atoms with E-state index in [0.717, 1.165) is 24.0 Å². The zero-order valence-corrected chi connectivity index (χ0v) is 13.6. The number of carbonyl (C=O) groups excluding carboxylic acids is 3. The summed E-state index contributed by atoms with van der Waals surface area (Å²) in [6.45, 7) is 4.31. The van der Waals surface area contributed by atoms with E-state index in [0.29, 0.717) is 24.9 Å². The van der Waals surface area contributed by atoms with E-state index in [-0.39, 0.29) is 11.8 Å². The van der Waals surface area contributed by atoms with Gasteiger partial charge in [0, 0.05) is 18.5 Å². The van der Waals surface area contributed by atoms with E-state index in [4.69, 9.17) is 5.73 Å². The maximum atomic E-state index is 12.0. The summed E-state index contributed by atoms with van der Waals surface area (Å²) in [5.41, 5.74) is 12.2. The van der Waals surface area contributed by atoms with Crippen LogP contribution in [-0.2, 0) is 4.79 Å². The lowest BCUT2D eigenvalue weighted by Crippen LogP contribution is -2.41. The van der Waals surface area contributed by atoms with E-state index in [1.807, 2.05) is 26.0 Å². The second kappa shape index (κ2) is 9.45. The lowest BCUT2D eigenvalue weighted by atomic mass is 10.1. The molecule has 0 aliphatic rings. The number of nitrogens with two attached hydrogens (primary N) is 1. The number of urea groups is 1. The summed E-state index contributed by atoms with van der Waals surface area (Å²) >= 11 is 0. The Balaban J connectivity index is 2.22. The third-order valence-electron chi connectivity index (χ3n) is 3.32. The number of nitrogens with one attached hydrogen (secondary N) is 3. The Morgan fingerprint density at radius 2 is 1.78 bits per heavy atom. The molecule has 23 heavy (non-hydrogen) atoms. The predicted octanol–water partition coefficient (Wildman–Crippen LogP) is 1.29. The standard InChI is InChI=1S/C16H24N4O3/c1-11-7-8-13(12(2)10-11)15(22)20-19-14(21)6-4-3-5-9-18-16(17)23/h7-8,10H,3-6,9H2,1-2H3,(H,19,21)(H,20,22)(H3,17,18,23). The van der Waals surface area contributed by atoms with Crippen LogP contribution in [0.1, 0.15) is 47.2 Å². The van der Waals surface area contributed by atoms with Gasteiger partial charge in [-0.3, -0.25) is 20.4 Å². The van der Waals surface area contributed by atoms with Gasteiger partial charge in [-0.25, -0.2) is 4.79 Å². The van der Waals surface area contributed by atoms with Gasteiger partial charge in [0.15, 0.2) is 0 Å². The van der Waals surface area contributed by atoms with Gasteiger partial charge >= 0.3 is 6.03 Å². The molecule has 1 aromatic rings. The van der Waals surface area contributed by atoms with Crippen molar-refractivity contribution in [3.05, 3.63) is 34.9 Å². The molecule has 126 valence electrons. The molecular weight excluding hydrogens is 296 g/mol. The van der Waals surface area contributed by atoms with Crippen molar-refractivity contribution in [2.24, 2.45) is 5.73 Å². The Labute approximate surface area is 136 Å². The summed E-state index contributed by atoms with van der Waals surface area (Å²) in [7, 11) is 0. The zero-order valence-electron chi connectivity index (χ0n) is 13.6. The lowest BCUT2D eigenvalue weighted by molar-refractivity contribution is -0.122. The second-order valence-electron chi connectivity index (χ2n) is 5.42. The quantitative estimate of drug-likeness (QED) is 0.448. The van der Waals surface area contributed by atoms with Crippen LogP contribution in [0.2, 0.25) is 0 Å². The highest BCUT2D eigenvalue weighted by Crippen LogP contribution is 2.09. The summed E-state index contributed by atoms with van der Waals surface area (Å²) in [4.78, 5) is 34.1. The molecule has 1 rings (SSSR count). The number of carbonyl (C=O) groups is 3. The third kappa shape index (κ3) is 7.30. The molecule has 0 aliphatic carbocycles. The van der Waals surface area contributed by atoms with Gasteiger partial charge < -0.3 is 11.1 Å². The molecule has 0 saturated carbocycles. The highest BCUT2D eigenvalue weighted by molar-refractivity contribution is 5.96. The summed E-state index contributed by atoms with van der Waals surface area (Å²) < 4.78 is 0. The van der Waals surface area contributed by atoms with Crippen molar-refractivity contribution >= 4 is 17.8 Å². The van der Waals surface area contributed by atoms with Crippen LogP contribution in [0.3, 0.4) is 0 Å². The molecule has 1 aromatic carbocycles. The SMILES string of the molecule is Cc1ccc(C(=O)NNC(=O)CCCCCNC(N)=O)c(C)c1. The van der Waals surface area contributed by atoms with Crippen LogP contribution in [-0.4, -0.2) is 24.4 Å². The molecule has 0 bridgehead atoms. The maximum Gasteiger partial charge on any atom is 0.312 e. The van der Waals surface area contributed by atoms with Gasteiger partial charge in [0.1, 0.15) is 0 Å². The van der Waals surface area contributed by atoms with E-state index in [9.17, 15) is 14.4 Å². The Morgan fingerprint density at radius 1 is 1.04 bits per heavy atom. The van der Waals surface area contributed by atoms with Gasteiger partial charge in [0.25, 0.3) is 5.91 Å². The molecule has 0 aliphatic heterocycles. The molecule has 0 atom stereocenters. The average Bonchev–Trinajstić information content (AvgIpc) is 2.48. The van der Waals surface area contributed by atoms with Crippen LogP contribution in [0.15, 0.2) is 18.2 Å². The van der Waals surface area contributed by atoms with Crippen LogP contribution in [0.5, 0.6) is 0 Å². The van der Waals surface area contributed by atoms with E-state index in [2.05, 4.69) is 16.2 Å². The molecule has 4 amide bonds. The summed E-state index contributed by atoms with van der Waals surface area (Å²) in [5.74, 6) is -0.576. The molecular formula is C16H24N4O3. The maximum absolute atomic E-state index is 12.0. The Kier molecular flexibility index (Phi) is 7.59. The summed E-state index contributed by atoms with van der Waals surface area (Å²) in [6.07, 6.45) is 2.53. The molecule has 5 N–H and O–H groups in total. The minimum Gasteiger partial charge on any atom is -0.352 e. The molecule has 0 fully saturated rings. The fourth-order valence-corrected chi connectivity index (χ4v) is 2.12. The molecule has 0 unspecified atom stereocenters. The lowest BCUT2D eigenvalue weighted by Gasteiger charge is -2.09. The first kappa shape index (κ1) is 18.5. The molecule has 0 aromatic heterocycles. The number of hydrogen-bond donors (Lipinski definition) is 4. The number of hydrogen-bond acceptors (Lipinski definition) is 3. The van der Waals surface area contributed by atoms with Crippen LogP contribution < -0.4 is 21.9 Å². The first-order valence-electron chi connectivity index (χ1n) is 7.60. The number of aryl methyl sites for hydroxylation is 2.